The topological polar surface area (TPSA) is 108 Å². The standard InChI is InChI=1S/C12H12N4O3/c1-6-4-8(6)11-14-12(19-15-11)7-2-3-9(13)10(5-7)16(17)18/h2-3,5-6,8H,4,13H2,1H3. The highest BCUT2D eigenvalue weighted by Gasteiger charge is 2.38. The van der Waals surface area contributed by atoms with Gasteiger partial charge in [-0.1, -0.05) is 12.1 Å². The molecule has 1 fully saturated rings. The van der Waals surface area contributed by atoms with Gasteiger partial charge in [-0.3, -0.25) is 10.1 Å². The Kier molecular flexibility index (Phi) is 2.48. The largest absolute Gasteiger partial charge is 0.393 e. The number of aromatic nitrogens is 2. The fourth-order valence-corrected chi connectivity index (χ4v) is 2.02. The number of hydrogen-bond acceptors (Lipinski definition) is 6. The van der Waals surface area contributed by atoms with Crippen LogP contribution in [-0.4, -0.2) is 15.1 Å². The van der Waals surface area contributed by atoms with Crippen LogP contribution in [0.1, 0.15) is 25.1 Å². The molecule has 0 saturated heterocycles. The first kappa shape index (κ1) is 11.6. The number of benzene rings is 1. The highest BCUT2D eigenvalue weighted by Crippen LogP contribution is 2.45. The van der Waals surface area contributed by atoms with Crippen molar-refractivity contribution >= 4 is 11.4 Å². The number of rotatable bonds is 3. The number of nitro benzene ring substituents is 1. The van der Waals surface area contributed by atoms with E-state index in [9.17, 15) is 10.1 Å². The lowest BCUT2D eigenvalue weighted by Gasteiger charge is -1.98. The summed E-state index contributed by atoms with van der Waals surface area (Å²) in [5.74, 6) is 1.88. The van der Waals surface area contributed by atoms with E-state index in [-0.39, 0.29) is 17.3 Å². The minimum Gasteiger partial charge on any atom is -0.393 e. The molecular formula is C12H12N4O3. The predicted octanol–water partition coefficient (Wildman–Crippen LogP) is 2.35. The molecule has 2 atom stereocenters. The second-order valence-electron chi connectivity index (χ2n) is 4.81. The van der Waals surface area contributed by atoms with E-state index in [2.05, 4.69) is 17.1 Å². The Balaban J connectivity index is 1.95. The summed E-state index contributed by atoms with van der Waals surface area (Å²) in [5.41, 5.74) is 6.01. The third-order valence-corrected chi connectivity index (χ3v) is 3.36. The van der Waals surface area contributed by atoms with Gasteiger partial charge in [0.05, 0.1) is 4.92 Å². The molecule has 1 aromatic carbocycles. The van der Waals surface area contributed by atoms with Crippen molar-refractivity contribution in [3.63, 3.8) is 0 Å². The van der Waals surface area contributed by atoms with Crippen molar-refractivity contribution in [3.05, 3.63) is 34.1 Å². The molecule has 1 heterocycles. The molecule has 7 nitrogen and oxygen atoms in total. The van der Waals surface area contributed by atoms with Crippen LogP contribution in [0.4, 0.5) is 11.4 Å². The van der Waals surface area contributed by atoms with Crippen LogP contribution in [0.2, 0.25) is 0 Å². The molecule has 98 valence electrons. The van der Waals surface area contributed by atoms with Crippen LogP contribution in [0.5, 0.6) is 0 Å². The normalized spacial score (nSPS) is 21.3. The maximum atomic E-state index is 10.8. The van der Waals surface area contributed by atoms with Gasteiger partial charge in [0.25, 0.3) is 11.6 Å². The zero-order valence-corrected chi connectivity index (χ0v) is 10.2. The first-order chi connectivity index (χ1) is 9.06. The highest BCUT2D eigenvalue weighted by molar-refractivity contribution is 5.67. The van der Waals surface area contributed by atoms with Gasteiger partial charge in [-0.25, -0.2) is 0 Å². The zero-order valence-electron chi connectivity index (χ0n) is 10.2. The van der Waals surface area contributed by atoms with E-state index in [0.717, 1.165) is 6.42 Å². The number of nitrogen functional groups attached to an aromatic ring is 1. The average Bonchev–Trinajstić information content (AvgIpc) is 2.91. The summed E-state index contributed by atoms with van der Waals surface area (Å²) in [6, 6.07) is 4.45. The number of nitrogens with zero attached hydrogens (tertiary/aromatic N) is 3. The first-order valence-corrected chi connectivity index (χ1v) is 5.94. The third-order valence-electron chi connectivity index (χ3n) is 3.36. The summed E-state index contributed by atoms with van der Waals surface area (Å²) in [6.45, 7) is 2.12. The van der Waals surface area contributed by atoms with Crippen LogP contribution >= 0.6 is 0 Å². The number of nitrogens with two attached hydrogens (primary N) is 1. The molecule has 0 bridgehead atoms. The summed E-state index contributed by atoms with van der Waals surface area (Å²) in [5, 5.41) is 14.7. The Morgan fingerprint density at radius 1 is 1.53 bits per heavy atom. The fraction of sp³-hybridized carbons (Fsp3) is 0.333. The van der Waals surface area contributed by atoms with Gasteiger partial charge >= 0.3 is 0 Å². The highest BCUT2D eigenvalue weighted by atomic mass is 16.6. The van der Waals surface area contributed by atoms with Crippen molar-refractivity contribution < 1.29 is 9.45 Å². The van der Waals surface area contributed by atoms with E-state index >= 15 is 0 Å². The van der Waals surface area contributed by atoms with Gasteiger partial charge < -0.3 is 10.3 Å². The molecule has 1 aromatic heterocycles. The quantitative estimate of drug-likeness (QED) is 0.515. The van der Waals surface area contributed by atoms with Crippen molar-refractivity contribution in [1.82, 2.24) is 10.1 Å². The Hall–Kier alpha value is -2.44. The van der Waals surface area contributed by atoms with Crippen LogP contribution in [0.3, 0.4) is 0 Å². The van der Waals surface area contributed by atoms with Gasteiger partial charge in [-0.2, -0.15) is 4.98 Å². The molecule has 2 aromatic rings. The second-order valence-corrected chi connectivity index (χ2v) is 4.81. The van der Waals surface area contributed by atoms with E-state index < -0.39 is 4.92 Å². The maximum Gasteiger partial charge on any atom is 0.292 e. The van der Waals surface area contributed by atoms with Gasteiger partial charge in [0, 0.05) is 17.5 Å². The van der Waals surface area contributed by atoms with Crippen molar-refractivity contribution in [2.24, 2.45) is 5.92 Å². The number of hydrogen-bond donors (Lipinski definition) is 1. The average molecular weight is 260 g/mol. The van der Waals surface area contributed by atoms with Crippen LogP contribution in [0.25, 0.3) is 11.5 Å². The van der Waals surface area contributed by atoms with E-state index in [1.165, 1.54) is 12.1 Å². The molecular weight excluding hydrogens is 248 g/mol. The lowest BCUT2D eigenvalue weighted by atomic mass is 10.2. The van der Waals surface area contributed by atoms with Gasteiger partial charge in [-0.15, -0.1) is 0 Å². The Bertz CT molecular complexity index is 652. The smallest absolute Gasteiger partial charge is 0.292 e. The summed E-state index contributed by atoms with van der Waals surface area (Å²) >= 11 is 0. The molecule has 19 heavy (non-hydrogen) atoms. The summed E-state index contributed by atoms with van der Waals surface area (Å²) in [6.07, 6.45) is 1.06. The van der Waals surface area contributed by atoms with Crippen molar-refractivity contribution in [2.45, 2.75) is 19.3 Å². The Morgan fingerprint density at radius 3 is 2.89 bits per heavy atom. The molecule has 0 radical (unpaired) electrons. The van der Waals surface area contributed by atoms with Crippen LogP contribution in [0.15, 0.2) is 22.7 Å². The molecule has 2 N–H and O–H groups in total. The van der Waals surface area contributed by atoms with Crippen LogP contribution in [0, 0.1) is 16.0 Å². The molecule has 2 unspecified atom stereocenters. The molecule has 1 saturated carbocycles. The summed E-state index contributed by atoms with van der Waals surface area (Å²) in [4.78, 5) is 14.6. The van der Waals surface area contributed by atoms with Gasteiger partial charge in [0.2, 0.25) is 0 Å². The summed E-state index contributed by atoms with van der Waals surface area (Å²) in [7, 11) is 0. The second kappa shape index (κ2) is 4.04. The van der Waals surface area contributed by atoms with E-state index in [0.29, 0.717) is 23.2 Å². The van der Waals surface area contributed by atoms with Crippen molar-refractivity contribution in [3.8, 4) is 11.5 Å². The molecule has 0 aliphatic heterocycles. The maximum absolute atomic E-state index is 10.8. The molecule has 3 rings (SSSR count). The first-order valence-electron chi connectivity index (χ1n) is 5.94. The Labute approximate surface area is 108 Å². The fourth-order valence-electron chi connectivity index (χ4n) is 2.02. The Morgan fingerprint density at radius 2 is 2.26 bits per heavy atom. The lowest BCUT2D eigenvalue weighted by molar-refractivity contribution is -0.383. The number of anilines is 1. The monoisotopic (exact) mass is 260 g/mol. The minimum absolute atomic E-state index is 0.115. The van der Waals surface area contributed by atoms with Crippen molar-refractivity contribution in [2.75, 3.05) is 5.73 Å². The van der Waals surface area contributed by atoms with E-state index in [1.807, 2.05) is 0 Å². The van der Waals surface area contributed by atoms with Gasteiger partial charge in [-0.05, 0) is 24.5 Å². The van der Waals surface area contributed by atoms with E-state index in [1.54, 1.807) is 6.07 Å². The molecule has 7 heteroatoms. The minimum atomic E-state index is -0.529. The summed E-state index contributed by atoms with van der Waals surface area (Å²) < 4.78 is 5.15. The molecule has 1 aliphatic carbocycles. The number of nitro groups is 1. The van der Waals surface area contributed by atoms with Crippen LogP contribution < -0.4 is 5.73 Å². The lowest BCUT2D eigenvalue weighted by Crippen LogP contribution is -1.95. The molecule has 0 amide bonds. The van der Waals surface area contributed by atoms with E-state index in [4.69, 9.17) is 10.3 Å². The SMILES string of the molecule is CC1CC1c1noc(-c2ccc(N)c([N+](=O)[O-])c2)n1. The zero-order chi connectivity index (χ0) is 13.6. The van der Waals surface area contributed by atoms with Crippen LogP contribution in [-0.2, 0) is 0 Å². The van der Waals surface area contributed by atoms with Gasteiger partial charge in [0.15, 0.2) is 5.82 Å². The van der Waals surface area contributed by atoms with Gasteiger partial charge in [0.1, 0.15) is 5.69 Å². The predicted molar refractivity (Wildman–Crippen MR) is 67.3 cm³/mol. The molecule has 1 aliphatic rings. The molecule has 0 spiro atoms. The third kappa shape index (κ3) is 2.03. The van der Waals surface area contributed by atoms with Crippen molar-refractivity contribution in [1.29, 1.82) is 0 Å².